The molecule has 6 nitrogen and oxygen atoms in total. The Balaban J connectivity index is 3.06. The molecule has 0 aliphatic rings. The second kappa shape index (κ2) is 6.04. The molecule has 0 atom stereocenters. The van der Waals surface area contributed by atoms with Crippen molar-refractivity contribution in [1.82, 2.24) is 4.90 Å². The number of benzene rings is 1. The second-order valence-electron chi connectivity index (χ2n) is 4.62. The van der Waals surface area contributed by atoms with E-state index in [1.165, 1.54) is 24.1 Å². The summed E-state index contributed by atoms with van der Waals surface area (Å²) in [4.78, 5) is 24.0. The fourth-order valence-corrected chi connectivity index (χ4v) is 2.28. The third kappa shape index (κ3) is 4.06. The van der Waals surface area contributed by atoms with Gasteiger partial charge in [-0.3, -0.25) is 9.59 Å². The summed E-state index contributed by atoms with van der Waals surface area (Å²) in [5, 5.41) is 8.60. The minimum absolute atomic E-state index is 0.0662. The van der Waals surface area contributed by atoms with Gasteiger partial charge in [0, 0.05) is 25.4 Å². The molecule has 1 amide bonds. The highest BCUT2D eigenvalue weighted by molar-refractivity contribution is 7.90. The van der Waals surface area contributed by atoms with Crippen LogP contribution in [-0.4, -0.2) is 50.1 Å². The van der Waals surface area contributed by atoms with Gasteiger partial charge in [0.1, 0.15) is 0 Å². The number of carbonyl (C=O) groups excluding carboxylic acids is 1. The van der Waals surface area contributed by atoms with Crippen molar-refractivity contribution in [1.29, 1.82) is 0 Å². The number of rotatable bonds is 5. The van der Waals surface area contributed by atoms with Crippen LogP contribution in [0.15, 0.2) is 23.1 Å². The summed E-state index contributed by atoms with van der Waals surface area (Å²) in [6.45, 7) is 1.76. The van der Waals surface area contributed by atoms with Gasteiger partial charge >= 0.3 is 5.97 Å². The molecule has 0 saturated heterocycles. The van der Waals surface area contributed by atoms with Crippen molar-refractivity contribution in [3.63, 3.8) is 0 Å². The Morgan fingerprint density at radius 3 is 2.40 bits per heavy atom. The first kappa shape index (κ1) is 16.2. The Hall–Kier alpha value is -1.89. The molecule has 0 fully saturated rings. The van der Waals surface area contributed by atoms with Crippen LogP contribution >= 0.6 is 0 Å². The highest BCUT2D eigenvalue weighted by atomic mass is 32.2. The van der Waals surface area contributed by atoms with Crippen LogP contribution in [0.25, 0.3) is 0 Å². The molecular formula is C13H17NO5S. The van der Waals surface area contributed by atoms with E-state index in [0.29, 0.717) is 5.56 Å². The zero-order valence-corrected chi connectivity index (χ0v) is 12.4. The van der Waals surface area contributed by atoms with Crippen molar-refractivity contribution < 1.29 is 23.1 Å². The van der Waals surface area contributed by atoms with E-state index in [2.05, 4.69) is 0 Å². The van der Waals surface area contributed by atoms with Gasteiger partial charge in [-0.05, 0) is 24.6 Å². The zero-order chi connectivity index (χ0) is 15.5. The smallest absolute Gasteiger partial charge is 0.305 e. The van der Waals surface area contributed by atoms with Crippen molar-refractivity contribution in [2.24, 2.45) is 0 Å². The molecule has 0 radical (unpaired) electrons. The minimum Gasteiger partial charge on any atom is -0.481 e. The minimum atomic E-state index is -3.39. The summed E-state index contributed by atoms with van der Waals surface area (Å²) in [6, 6.07) is 4.33. The average molecular weight is 299 g/mol. The molecule has 110 valence electrons. The van der Waals surface area contributed by atoms with E-state index in [1.54, 1.807) is 13.0 Å². The van der Waals surface area contributed by atoms with E-state index < -0.39 is 21.7 Å². The summed E-state index contributed by atoms with van der Waals surface area (Å²) >= 11 is 0. The fourth-order valence-electron chi connectivity index (χ4n) is 1.63. The Morgan fingerprint density at radius 1 is 1.30 bits per heavy atom. The third-order valence-electron chi connectivity index (χ3n) is 2.88. The fraction of sp³-hybridized carbons (Fsp3) is 0.385. The van der Waals surface area contributed by atoms with E-state index >= 15 is 0 Å². The van der Waals surface area contributed by atoms with Crippen molar-refractivity contribution >= 4 is 21.7 Å². The first-order chi connectivity index (χ1) is 9.12. The van der Waals surface area contributed by atoms with Crippen LogP contribution in [0.4, 0.5) is 0 Å². The third-order valence-corrected chi connectivity index (χ3v) is 3.99. The van der Waals surface area contributed by atoms with Gasteiger partial charge in [0.15, 0.2) is 9.84 Å². The first-order valence-corrected chi connectivity index (χ1v) is 7.80. The molecule has 7 heteroatoms. The zero-order valence-electron chi connectivity index (χ0n) is 11.6. The molecule has 1 aromatic rings. The molecule has 1 aromatic carbocycles. The predicted octanol–water partition coefficient (Wildman–Crippen LogP) is 0.945. The van der Waals surface area contributed by atoms with E-state index in [9.17, 15) is 18.0 Å². The van der Waals surface area contributed by atoms with Gasteiger partial charge in [0.2, 0.25) is 0 Å². The maximum Gasteiger partial charge on any atom is 0.305 e. The molecular weight excluding hydrogens is 282 g/mol. The van der Waals surface area contributed by atoms with Crippen LogP contribution in [0.2, 0.25) is 0 Å². The lowest BCUT2D eigenvalue weighted by Gasteiger charge is -2.17. The average Bonchev–Trinajstić information content (AvgIpc) is 2.34. The van der Waals surface area contributed by atoms with Gasteiger partial charge in [0.05, 0.1) is 11.3 Å². The molecule has 0 spiro atoms. The van der Waals surface area contributed by atoms with E-state index in [0.717, 1.165) is 6.26 Å². The van der Waals surface area contributed by atoms with E-state index in [4.69, 9.17) is 5.11 Å². The SMILES string of the molecule is Cc1ccc(S(C)(=O)=O)cc1C(=O)N(C)CCC(=O)O. The Morgan fingerprint density at radius 2 is 1.90 bits per heavy atom. The molecule has 20 heavy (non-hydrogen) atoms. The van der Waals surface area contributed by atoms with Crippen molar-refractivity contribution in [3.05, 3.63) is 29.3 Å². The number of carbonyl (C=O) groups is 2. The number of nitrogens with zero attached hydrogens (tertiary/aromatic N) is 1. The van der Waals surface area contributed by atoms with E-state index in [-0.39, 0.29) is 23.4 Å². The maximum absolute atomic E-state index is 12.2. The highest BCUT2D eigenvalue weighted by Gasteiger charge is 2.18. The summed E-state index contributed by atoms with van der Waals surface area (Å²) in [6.07, 6.45) is 0.910. The maximum atomic E-state index is 12.2. The number of carboxylic acid groups (broad SMARTS) is 1. The Labute approximate surface area is 117 Å². The topological polar surface area (TPSA) is 91.8 Å². The predicted molar refractivity (Wildman–Crippen MR) is 73.5 cm³/mol. The standard InChI is InChI=1S/C13H17NO5S/c1-9-4-5-10(20(3,18)19)8-11(9)13(17)14(2)7-6-12(15)16/h4-5,8H,6-7H2,1-3H3,(H,15,16). The molecule has 0 aromatic heterocycles. The summed E-state index contributed by atoms with van der Waals surface area (Å²) in [5.74, 6) is -1.39. The van der Waals surface area contributed by atoms with Crippen LogP contribution < -0.4 is 0 Å². The van der Waals surface area contributed by atoms with Crippen molar-refractivity contribution in [2.75, 3.05) is 19.8 Å². The number of sulfone groups is 1. The summed E-state index contributed by atoms with van der Waals surface area (Å²) in [7, 11) is -1.91. The van der Waals surface area contributed by atoms with Gasteiger partial charge in [-0.2, -0.15) is 0 Å². The lowest BCUT2D eigenvalue weighted by molar-refractivity contribution is -0.137. The molecule has 1 N–H and O–H groups in total. The quantitative estimate of drug-likeness (QED) is 0.873. The number of amides is 1. The number of aliphatic carboxylic acids is 1. The molecule has 0 bridgehead atoms. The van der Waals surface area contributed by atoms with Crippen LogP contribution in [0.3, 0.4) is 0 Å². The summed E-state index contributed by atoms with van der Waals surface area (Å²) < 4.78 is 23.0. The molecule has 0 heterocycles. The van der Waals surface area contributed by atoms with Crippen LogP contribution in [-0.2, 0) is 14.6 Å². The van der Waals surface area contributed by atoms with Gasteiger partial charge in [-0.1, -0.05) is 6.07 Å². The molecule has 0 saturated carbocycles. The molecule has 1 rings (SSSR count). The van der Waals surface area contributed by atoms with Crippen LogP contribution in [0.1, 0.15) is 22.3 Å². The lowest BCUT2D eigenvalue weighted by Crippen LogP contribution is -2.29. The van der Waals surface area contributed by atoms with Gasteiger partial charge < -0.3 is 10.0 Å². The van der Waals surface area contributed by atoms with Gasteiger partial charge in [-0.25, -0.2) is 8.42 Å². The first-order valence-electron chi connectivity index (χ1n) is 5.91. The number of hydrogen-bond acceptors (Lipinski definition) is 4. The van der Waals surface area contributed by atoms with E-state index in [1.807, 2.05) is 0 Å². The monoisotopic (exact) mass is 299 g/mol. The molecule has 0 aliphatic heterocycles. The lowest BCUT2D eigenvalue weighted by atomic mass is 10.1. The van der Waals surface area contributed by atoms with Crippen molar-refractivity contribution in [2.45, 2.75) is 18.2 Å². The van der Waals surface area contributed by atoms with Gasteiger partial charge in [-0.15, -0.1) is 0 Å². The van der Waals surface area contributed by atoms with Crippen LogP contribution in [0, 0.1) is 6.92 Å². The highest BCUT2D eigenvalue weighted by Crippen LogP contribution is 2.17. The second-order valence-corrected chi connectivity index (χ2v) is 6.64. The molecule has 0 unspecified atom stereocenters. The van der Waals surface area contributed by atoms with Crippen LogP contribution in [0.5, 0.6) is 0 Å². The van der Waals surface area contributed by atoms with Gasteiger partial charge in [0.25, 0.3) is 5.91 Å². The number of aryl methyl sites for hydroxylation is 1. The largest absolute Gasteiger partial charge is 0.481 e. The number of hydrogen-bond donors (Lipinski definition) is 1. The Kier molecular flexibility index (Phi) is 4.88. The normalized spacial score (nSPS) is 11.2. The summed E-state index contributed by atoms with van der Waals surface area (Å²) in [5.41, 5.74) is 0.908. The number of carboxylic acids is 1. The Bertz CT molecular complexity index is 636. The van der Waals surface area contributed by atoms with Crippen molar-refractivity contribution in [3.8, 4) is 0 Å². The molecule has 0 aliphatic carbocycles.